The van der Waals surface area contributed by atoms with E-state index in [1.54, 1.807) is 27.7 Å². The van der Waals surface area contributed by atoms with E-state index in [2.05, 4.69) is 20.9 Å². The van der Waals surface area contributed by atoms with Crippen molar-refractivity contribution in [2.45, 2.75) is 47.6 Å². The minimum Gasteiger partial charge on any atom is -0.465 e. The van der Waals surface area contributed by atoms with Crippen LogP contribution in [0.4, 0.5) is 0 Å². The van der Waals surface area contributed by atoms with E-state index in [1.165, 1.54) is 13.8 Å². The number of carbonyl (C=O) groups is 3. The SMILES string of the molecule is CC(=O)c1c(C)[nH]c(C(=O)[C@@H](C)OC(=O)c2c(C)oc(C)c2Br)c1C. The molecule has 0 bridgehead atoms. The van der Waals surface area contributed by atoms with Crippen molar-refractivity contribution in [3.63, 3.8) is 0 Å². The van der Waals surface area contributed by atoms with Crippen LogP contribution in [0.5, 0.6) is 0 Å². The van der Waals surface area contributed by atoms with Crippen molar-refractivity contribution in [2.75, 3.05) is 0 Å². The number of nitrogens with one attached hydrogen (secondary N) is 1. The van der Waals surface area contributed by atoms with Crippen LogP contribution in [0, 0.1) is 27.7 Å². The van der Waals surface area contributed by atoms with E-state index in [1.807, 2.05) is 0 Å². The van der Waals surface area contributed by atoms with Crippen LogP contribution in [0.1, 0.15) is 67.8 Å². The van der Waals surface area contributed by atoms with Gasteiger partial charge in [-0.25, -0.2) is 4.79 Å². The van der Waals surface area contributed by atoms with Gasteiger partial charge in [-0.15, -0.1) is 0 Å². The quantitative estimate of drug-likeness (QED) is 0.589. The molecule has 134 valence electrons. The predicted octanol–water partition coefficient (Wildman–Crippen LogP) is 4.23. The van der Waals surface area contributed by atoms with Gasteiger partial charge in [-0.1, -0.05) is 0 Å². The molecule has 0 radical (unpaired) electrons. The number of aromatic nitrogens is 1. The molecule has 2 rings (SSSR count). The molecule has 0 aliphatic heterocycles. The highest BCUT2D eigenvalue weighted by atomic mass is 79.9. The molecular formula is C18H20BrNO5. The Kier molecular flexibility index (Phi) is 5.37. The molecule has 25 heavy (non-hydrogen) atoms. The van der Waals surface area contributed by atoms with Gasteiger partial charge >= 0.3 is 5.97 Å². The number of carbonyl (C=O) groups excluding carboxylic acids is 3. The van der Waals surface area contributed by atoms with Crippen LogP contribution in [0.3, 0.4) is 0 Å². The Hall–Kier alpha value is -2.15. The molecule has 2 aromatic rings. The summed E-state index contributed by atoms with van der Waals surface area (Å²) < 4.78 is 11.2. The van der Waals surface area contributed by atoms with Crippen LogP contribution < -0.4 is 0 Å². The molecule has 0 amide bonds. The number of esters is 1. The van der Waals surface area contributed by atoms with Crippen LogP contribution in [0.25, 0.3) is 0 Å². The topological polar surface area (TPSA) is 89.4 Å². The van der Waals surface area contributed by atoms with Crippen molar-refractivity contribution in [2.24, 2.45) is 0 Å². The summed E-state index contributed by atoms with van der Waals surface area (Å²) in [6, 6.07) is 0. The number of hydrogen-bond acceptors (Lipinski definition) is 5. The Morgan fingerprint density at radius 3 is 2.12 bits per heavy atom. The second-order valence-corrected chi connectivity index (χ2v) is 6.79. The Labute approximate surface area is 154 Å². The van der Waals surface area contributed by atoms with Gasteiger partial charge in [-0.2, -0.15) is 0 Å². The third-order valence-corrected chi connectivity index (χ3v) is 5.03. The maximum Gasteiger partial charge on any atom is 0.343 e. The fraction of sp³-hybridized carbons (Fsp3) is 0.389. The first-order chi connectivity index (χ1) is 11.6. The number of ether oxygens (including phenoxy) is 1. The number of aromatic amines is 1. The molecular weight excluding hydrogens is 390 g/mol. The van der Waals surface area contributed by atoms with Crippen molar-refractivity contribution in [3.05, 3.63) is 44.1 Å². The fourth-order valence-corrected chi connectivity index (χ4v) is 3.41. The van der Waals surface area contributed by atoms with Crippen molar-refractivity contribution < 1.29 is 23.5 Å². The normalized spacial score (nSPS) is 12.1. The first-order valence-electron chi connectivity index (χ1n) is 7.77. The van der Waals surface area contributed by atoms with Gasteiger partial charge in [0.15, 0.2) is 11.9 Å². The Morgan fingerprint density at radius 1 is 1.08 bits per heavy atom. The maximum absolute atomic E-state index is 12.6. The van der Waals surface area contributed by atoms with Gasteiger partial charge in [0, 0.05) is 11.3 Å². The lowest BCUT2D eigenvalue weighted by Gasteiger charge is -2.12. The molecule has 6 nitrogen and oxygen atoms in total. The summed E-state index contributed by atoms with van der Waals surface area (Å²) in [5.74, 6) is -0.182. The first-order valence-corrected chi connectivity index (χ1v) is 8.56. The van der Waals surface area contributed by atoms with Crippen LogP contribution in [0.2, 0.25) is 0 Å². The van der Waals surface area contributed by atoms with Gasteiger partial charge in [0.25, 0.3) is 0 Å². The van der Waals surface area contributed by atoms with E-state index in [0.717, 1.165) is 0 Å². The van der Waals surface area contributed by atoms with Crippen molar-refractivity contribution in [1.29, 1.82) is 0 Å². The zero-order chi connectivity index (χ0) is 19.0. The second-order valence-electron chi connectivity index (χ2n) is 6.00. The molecule has 1 atom stereocenters. The molecule has 0 saturated carbocycles. The molecule has 7 heteroatoms. The van der Waals surface area contributed by atoms with Crippen molar-refractivity contribution >= 4 is 33.5 Å². The number of furan rings is 1. The number of ketones is 2. The van der Waals surface area contributed by atoms with E-state index in [4.69, 9.17) is 9.15 Å². The number of halogens is 1. The lowest BCUT2D eigenvalue weighted by molar-refractivity contribution is 0.0314. The fourth-order valence-electron chi connectivity index (χ4n) is 2.89. The highest BCUT2D eigenvalue weighted by Crippen LogP contribution is 2.28. The van der Waals surface area contributed by atoms with E-state index in [0.29, 0.717) is 32.8 Å². The molecule has 0 aliphatic carbocycles. The van der Waals surface area contributed by atoms with Gasteiger partial charge in [0.05, 0.1) is 10.2 Å². The van der Waals surface area contributed by atoms with E-state index in [9.17, 15) is 14.4 Å². The predicted molar refractivity (Wildman–Crippen MR) is 95.4 cm³/mol. The zero-order valence-electron chi connectivity index (χ0n) is 15.0. The lowest BCUT2D eigenvalue weighted by atomic mass is 10.0. The summed E-state index contributed by atoms with van der Waals surface area (Å²) >= 11 is 3.29. The van der Waals surface area contributed by atoms with Gasteiger partial charge < -0.3 is 14.1 Å². The Bertz CT molecular complexity index is 875. The Morgan fingerprint density at radius 2 is 1.68 bits per heavy atom. The van der Waals surface area contributed by atoms with Gasteiger partial charge in [-0.3, -0.25) is 9.59 Å². The highest BCUT2D eigenvalue weighted by Gasteiger charge is 2.28. The van der Waals surface area contributed by atoms with Gasteiger partial charge in [0.1, 0.15) is 17.1 Å². The maximum atomic E-state index is 12.6. The minimum atomic E-state index is -1.01. The summed E-state index contributed by atoms with van der Waals surface area (Å²) in [6.07, 6.45) is -1.01. The average Bonchev–Trinajstić information content (AvgIpc) is 2.93. The molecule has 0 aliphatic rings. The molecule has 0 fully saturated rings. The summed E-state index contributed by atoms with van der Waals surface area (Å²) in [7, 11) is 0. The molecule has 0 unspecified atom stereocenters. The lowest BCUT2D eigenvalue weighted by Crippen LogP contribution is -2.25. The van der Waals surface area contributed by atoms with Crippen LogP contribution >= 0.6 is 15.9 Å². The third kappa shape index (κ3) is 3.46. The van der Waals surface area contributed by atoms with Crippen LogP contribution in [-0.2, 0) is 4.74 Å². The number of aryl methyl sites for hydroxylation is 3. The monoisotopic (exact) mass is 409 g/mol. The smallest absolute Gasteiger partial charge is 0.343 e. The van der Waals surface area contributed by atoms with Crippen LogP contribution in [0.15, 0.2) is 8.89 Å². The van der Waals surface area contributed by atoms with E-state index < -0.39 is 17.9 Å². The van der Waals surface area contributed by atoms with E-state index >= 15 is 0 Å². The number of hydrogen-bond donors (Lipinski definition) is 1. The van der Waals surface area contributed by atoms with Gasteiger partial charge in [0.2, 0.25) is 5.78 Å². The largest absolute Gasteiger partial charge is 0.465 e. The highest BCUT2D eigenvalue weighted by molar-refractivity contribution is 9.10. The summed E-state index contributed by atoms with van der Waals surface area (Å²) in [4.78, 5) is 39.6. The van der Waals surface area contributed by atoms with E-state index in [-0.39, 0.29) is 17.0 Å². The molecule has 0 aromatic carbocycles. The molecule has 0 spiro atoms. The van der Waals surface area contributed by atoms with Gasteiger partial charge in [-0.05, 0) is 63.0 Å². The Balaban J connectivity index is 2.25. The molecule has 2 aromatic heterocycles. The number of Topliss-reactive ketones (excluding diaryl/α,β-unsaturated/α-hetero) is 2. The summed E-state index contributed by atoms with van der Waals surface area (Å²) in [5.41, 5.74) is 2.22. The molecule has 0 saturated heterocycles. The number of H-pyrrole nitrogens is 1. The van der Waals surface area contributed by atoms with Crippen LogP contribution in [-0.4, -0.2) is 28.6 Å². The molecule has 2 heterocycles. The third-order valence-electron chi connectivity index (χ3n) is 4.08. The standard InChI is InChI=1S/C18H20BrNO5/c1-7-13(9(3)21)8(2)20-16(7)17(22)12(6)25-18(23)14-10(4)24-11(5)15(14)19/h12,20H,1-6H3/t12-/m1/s1. The van der Waals surface area contributed by atoms with Crippen molar-refractivity contribution in [3.8, 4) is 0 Å². The average molecular weight is 410 g/mol. The summed E-state index contributed by atoms with van der Waals surface area (Å²) in [6.45, 7) is 9.74. The zero-order valence-corrected chi connectivity index (χ0v) is 16.6. The minimum absolute atomic E-state index is 0.122. The number of rotatable bonds is 5. The first kappa shape index (κ1) is 19.2. The molecule has 1 N–H and O–H groups in total. The van der Waals surface area contributed by atoms with Crippen molar-refractivity contribution in [1.82, 2.24) is 4.98 Å². The second kappa shape index (κ2) is 7.00. The summed E-state index contributed by atoms with van der Waals surface area (Å²) in [5, 5.41) is 0.